The largest absolute Gasteiger partial charge is 0.373 e. The monoisotopic (exact) mass is 364 g/mol. The van der Waals surface area contributed by atoms with Crippen LogP contribution in [0.1, 0.15) is 59.1 Å². The summed E-state index contributed by atoms with van der Waals surface area (Å²) >= 11 is 0. The Bertz CT molecular complexity index is 507. The molecular formula is C22H36O4. The molecule has 0 spiro atoms. The van der Waals surface area contributed by atoms with Gasteiger partial charge in [-0.25, -0.2) is 0 Å². The second-order valence-electron chi connectivity index (χ2n) is 7.36. The number of benzene rings is 1. The van der Waals surface area contributed by atoms with Gasteiger partial charge in [0, 0.05) is 13.0 Å². The lowest BCUT2D eigenvalue weighted by molar-refractivity contribution is -0.167. The number of hydrogen-bond acceptors (Lipinski definition) is 4. The van der Waals surface area contributed by atoms with E-state index in [1.807, 2.05) is 45.9 Å². The summed E-state index contributed by atoms with van der Waals surface area (Å²) in [6.07, 6.45) is 2.44. The van der Waals surface area contributed by atoms with Gasteiger partial charge in [-0.15, -0.1) is 0 Å². The quantitative estimate of drug-likeness (QED) is 0.450. The lowest BCUT2D eigenvalue weighted by Crippen LogP contribution is -2.36. The molecule has 0 fully saturated rings. The Balaban J connectivity index is 2.57. The third-order valence-electron chi connectivity index (χ3n) is 3.95. The Kier molecular flexibility index (Phi) is 10.1. The van der Waals surface area contributed by atoms with Crippen LogP contribution in [0.25, 0.3) is 6.08 Å². The van der Waals surface area contributed by atoms with Crippen molar-refractivity contribution in [1.29, 1.82) is 0 Å². The first-order valence-corrected chi connectivity index (χ1v) is 9.49. The maximum atomic E-state index is 6.16. The van der Waals surface area contributed by atoms with Gasteiger partial charge in [0.1, 0.15) is 0 Å². The zero-order valence-corrected chi connectivity index (χ0v) is 17.3. The Morgan fingerprint density at radius 2 is 1.73 bits per heavy atom. The predicted octanol–water partition coefficient (Wildman–Crippen LogP) is 5.21. The van der Waals surface area contributed by atoms with Crippen molar-refractivity contribution >= 4 is 6.08 Å². The van der Waals surface area contributed by atoms with Crippen LogP contribution in [0.2, 0.25) is 0 Å². The third-order valence-corrected chi connectivity index (χ3v) is 3.95. The fourth-order valence-corrected chi connectivity index (χ4v) is 2.69. The molecule has 0 N–H and O–H groups in total. The minimum atomic E-state index is -0.325. The fraction of sp³-hybridized carbons (Fsp3) is 0.636. The molecule has 0 aromatic heterocycles. The lowest BCUT2D eigenvalue weighted by atomic mass is 10.0. The summed E-state index contributed by atoms with van der Waals surface area (Å²) in [4.78, 5) is 0. The van der Waals surface area contributed by atoms with Gasteiger partial charge in [0.05, 0.1) is 31.0 Å². The highest BCUT2D eigenvalue weighted by Gasteiger charge is 2.26. The van der Waals surface area contributed by atoms with Gasteiger partial charge in [-0.3, -0.25) is 0 Å². The molecule has 0 amide bonds. The van der Waals surface area contributed by atoms with Crippen LogP contribution < -0.4 is 0 Å². The van der Waals surface area contributed by atoms with E-state index in [0.717, 1.165) is 17.5 Å². The van der Waals surface area contributed by atoms with E-state index in [4.69, 9.17) is 18.9 Å². The van der Waals surface area contributed by atoms with E-state index < -0.39 is 0 Å². The molecule has 4 nitrogen and oxygen atoms in total. The molecule has 1 aromatic carbocycles. The highest BCUT2D eigenvalue weighted by molar-refractivity contribution is 5.47. The SMILES string of the molecule is C=Cc1ccc(COC(C)(C)CC(COC(C)OCC)OC(C)C)cc1. The molecule has 1 aromatic rings. The van der Waals surface area contributed by atoms with Crippen molar-refractivity contribution in [3.8, 4) is 0 Å². The van der Waals surface area contributed by atoms with Crippen LogP contribution in [0.5, 0.6) is 0 Å². The number of hydrogen-bond donors (Lipinski definition) is 0. The van der Waals surface area contributed by atoms with E-state index >= 15 is 0 Å². The molecule has 148 valence electrons. The Morgan fingerprint density at radius 3 is 2.27 bits per heavy atom. The average Bonchev–Trinajstić information content (AvgIpc) is 2.58. The number of ether oxygens (including phenoxy) is 4. The minimum absolute atomic E-state index is 0.0453. The van der Waals surface area contributed by atoms with Crippen molar-refractivity contribution in [2.45, 2.75) is 78.7 Å². The normalized spacial score (nSPS) is 14.4. The van der Waals surface area contributed by atoms with Crippen molar-refractivity contribution in [1.82, 2.24) is 0 Å². The van der Waals surface area contributed by atoms with E-state index in [1.165, 1.54) is 0 Å². The van der Waals surface area contributed by atoms with Gasteiger partial charge >= 0.3 is 0 Å². The van der Waals surface area contributed by atoms with Crippen LogP contribution >= 0.6 is 0 Å². The highest BCUT2D eigenvalue weighted by atomic mass is 16.7. The standard InChI is InChI=1S/C22H36O4/c1-8-19-10-12-20(13-11-19)15-25-22(6,7)14-21(26-17(3)4)16-24-18(5)23-9-2/h8,10-13,17-18,21H,1,9,14-16H2,2-7H3. The zero-order valence-electron chi connectivity index (χ0n) is 17.3. The van der Waals surface area contributed by atoms with Crippen molar-refractivity contribution in [2.24, 2.45) is 0 Å². The van der Waals surface area contributed by atoms with Crippen molar-refractivity contribution < 1.29 is 18.9 Å². The van der Waals surface area contributed by atoms with Crippen LogP contribution in [0, 0.1) is 0 Å². The van der Waals surface area contributed by atoms with E-state index in [-0.39, 0.29) is 24.1 Å². The third kappa shape index (κ3) is 9.48. The summed E-state index contributed by atoms with van der Waals surface area (Å²) in [6.45, 7) is 17.6. The van der Waals surface area contributed by atoms with Crippen molar-refractivity contribution in [3.63, 3.8) is 0 Å². The Morgan fingerprint density at radius 1 is 1.08 bits per heavy atom. The molecule has 0 aliphatic heterocycles. The smallest absolute Gasteiger partial charge is 0.154 e. The molecule has 4 heteroatoms. The van der Waals surface area contributed by atoms with E-state index in [9.17, 15) is 0 Å². The van der Waals surface area contributed by atoms with E-state index in [1.54, 1.807) is 0 Å². The number of rotatable bonds is 13. The van der Waals surface area contributed by atoms with E-state index in [2.05, 4.69) is 32.6 Å². The van der Waals surface area contributed by atoms with Crippen molar-refractivity contribution in [2.75, 3.05) is 13.2 Å². The van der Waals surface area contributed by atoms with Gasteiger partial charge in [-0.1, -0.05) is 36.9 Å². The second kappa shape index (κ2) is 11.5. The summed E-state index contributed by atoms with van der Waals surface area (Å²) in [5.74, 6) is 0. The van der Waals surface area contributed by atoms with Crippen LogP contribution in [-0.2, 0) is 25.6 Å². The minimum Gasteiger partial charge on any atom is -0.373 e. The van der Waals surface area contributed by atoms with Gasteiger partial charge in [0.15, 0.2) is 6.29 Å². The van der Waals surface area contributed by atoms with Crippen LogP contribution in [0.3, 0.4) is 0 Å². The second-order valence-corrected chi connectivity index (χ2v) is 7.36. The molecule has 26 heavy (non-hydrogen) atoms. The first kappa shape index (κ1) is 22.8. The summed E-state index contributed by atoms with van der Waals surface area (Å²) in [6, 6.07) is 8.24. The summed E-state index contributed by atoms with van der Waals surface area (Å²) in [5.41, 5.74) is 1.93. The maximum Gasteiger partial charge on any atom is 0.154 e. The molecule has 0 saturated heterocycles. The summed E-state index contributed by atoms with van der Waals surface area (Å²) in [5, 5.41) is 0. The molecular weight excluding hydrogens is 328 g/mol. The lowest BCUT2D eigenvalue weighted by Gasteiger charge is -2.31. The van der Waals surface area contributed by atoms with Gasteiger partial charge in [0.25, 0.3) is 0 Å². The fourth-order valence-electron chi connectivity index (χ4n) is 2.69. The van der Waals surface area contributed by atoms with Crippen LogP contribution in [-0.4, -0.2) is 37.3 Å². The average molecular weight is 365 g/mol. The zero-order chi connectivity index (χ0) is 19.6. The Labute approximate surface area is 159 Å². The molecule has 0 heterocycles. The van der Waals surface area contributed by atoms with Crippen LogP contribution in [0.4, 0.5) is 0 Å². The Hall–Kier alpha value is -1.20. The molecule has 0 aliphatic rings. The van der Waals surface area contributed by atoms with E-state index in [0.29, 0.717) is 19.8 Å². The van der Waals surface area contributed by atoms with Gasteiger partial charge in [-0.05, 0) is 52.7 Å². The predicted molar refractivity (Wildman–Crippen MR) is 107 cm³/mol. The molecule has 0 bridgehead atoms. The van der Waals surface area contributed by atoms with Crippen LogP contribution in [0.15, 0.2) is 30.8 Å². The maximum absolute atomic E-state index is 6.16. The molecule has 0 saturated carbocycles. The summed E-state index contributed by atoms with van der Waals surface area (Å²) < 4.78 is 23.4. The molecule has 2 unspecified atom stereocenters. The first-order chi connectivity index (χ1) is 12.3. The topological polar surface area (TPSA) is 36.9 Å². The highest BCUT2D eigenvalue weighted by Crippen LogP contribution is 2.22. The molecule has 2 atom stereocenters. The van der Waals surface area contributed by atoms with Gasteiger partial charge in [0.2, 0.25) is 0 Å². The molecule has 0 aliphatic carbocycles. The van der Waals surface area contributed by atoms with Crippen molar-refractivity contribution in [3.05, 3.63) is 42.0 Å². The first-order valence-electron chi connectivity index (χ1n) is 9.49. The van der Waals surface area contributed by atoms with Gasteiger partial charge < -0.3 is 18.9 Å². The molecule has 0 radical (unpaired) electrons. The van der Waals surface area contributed by atoms with Gasteiger partial charge in [-0.2, -0.15) is 0 Å². The summed E-state index contributed by atoms with van der Waals surface area (Å²) in [7, 11) is 0. The molecule has 1 rings (SSSR count).